The van der Waals surface area contributed by atoms with Crippen LogP contribution in [0.3, 0.4) is 0 Å². The second kappa shape index (κ2) is 4.17. The number of fused-ring (bicyclic) bond motifs is 2. The molecule has 4 nitrogen and oxygen atoms in total. The van der Waals surface area contributed by atoms with Crippen molar-refractivity contribution in [2.45, 2.75) is 19.5 Å². The monoisotopic (exact) mass is 307 g/mol. The summed E-state index contributed by atoms with van der Waals surface area (Å²) in [4.78, 5) is 19.3. The van der Waals surface area contributed by atoms with Crippen LogP contribution in [0.15, 0.2) is 27.5 Å². The van der Waals surface area contributed by atoms with E-state index in [9.17, 15) is 4.79 Å². The van der Waals surface area contributed by atoms with Crippen LogP contribution in [-0.2, 0) is 6.54 Å². The standard InChI is InChI=1S/C13H14BrN3O/c1-8-6-16(2)7-12-15-11-5-9(14)3-4-10(11)13(18)17(8)12/h3-5,8H,6-7H2,1-2H3. The number of likely N-dealkylation sites (N-methyl/N-ethyl adjacent to an activating group) is 1. The predicted molar refractivity (Wildman–Crippen MR) is 74.7 cm³/mol. The van der Waals surface area contributed by atoms with Crippen LogP contribution in [0, 0.1) is 0 Å². The van der Waals surface area contributed by atoms with Crippen molar-refractivity contribution in [2.75, 3.05) is 13.6 Å². The van der Waals surface area contributed by atoms with Crippen LogP contribution >= 0.6 is 15.9 Å². The number of aromatic nitrogens is 2. The molecule has 2 aromatic rings. The fourth-order valence-electron chi connectivity index (χ4n) is 2.62. The highest BCUT2D eigenvalue weighted by Crippen LogP contribution is 2.20. The van der Waals surface area contributed by atoms with Crippen molar-refractivity contribution in [1.29, 1.82) is 0 Å². The Morgan fingerprint density at radius 1 is 1.44 bits per heavy atom. The first-order valence-electron chi connectivity index (χ1n) is 5.95. The predicted octanol–water partition coefficient (Wildman–Crippen LogP) is 2.17. The molecule has 0 spiro atoms. The lowest BCUT2D eigenvalue weighted by molar-refractivity contribution is 0.222. The van der Waals surface area contributed by atoms with Crippen LogP contribution in [0.4, 0.5) is 0 Å². The number of nitrogens with zero attached hydrogens (tertiary/aromatic N) is 3. The molecule has 1 aliphatic heterocycles. The highest BCUT2D eigenvalue weighted by molar-refractivity contribution is 9.10. The van der Waals surface area contributed by atoms with Crippen molar-refractivity contribution in [3.05, 3.63) is 38.9 Å². The van der Waals surface area contributed by atoms with E-state index in [1.807, 2.05) is 22.8 Å². The van der Waals surface area contributed by atoms with Gasteiger partial charge in [-0.05, 0) is 32.2 Å². The lowest BCUT2D eigenvalue weighted by Crippen LogP contribution is -2.40. The zero-order valence-corrected chi connectivity index (χ0v) is 11.9. The molecule has 0 bridgehead atoms. The van der Waals surface area contributed by atoms with Crippen molar-refractivity contribution in [3.63, 3.8) is 0 Å². The quantitative estimate of drug-likeness (QED) is 0.748. The van der Waals surface area contributed by atoms with Gasteiger partial charge in [-0.1, -0.05) is 15.9 Å². The fraction of sp³-hybridized carbons (Fsp3) is 0.385. The lowest BCUT2D eigenvalue weighted by atomic mass is 10.2. The van der Waals surface area contributed by atoms with E-state index in [-0.39, 0.29) is 11.6 Å². The Kier molecular flexibility index (Phi) is 2.75. The van der Waals surface area contributed by atoms with Crippen LogP contribution in [0.25, 0.3) is 10.9 Å². The molecule has 5 heteroatoms. The molecule has 1 aliphatic rings. The Labute approximate surface area is 113 Å². The van der Waals surface area contributed by atoms with E-state index in [0.29, 0.717) is 5.39 Å². The molecule has 0 amide bonds. The molecular formula is C13H14BrN3O. The number of hydrogen-bond acceptors (Lipinski definition) is 3. The maximum Gasteiger partial charge on any atom is 0.261 e. The van der Waals surface area contributed by atoms with Crippen molar-refractivity contribution in [2.24, 2.45) is 0 Å². The normalized spacial score (nSPS) is 20.1. The Morgan fingerprint density at radius 2 is 2.22 bits per heavy atom. The lowest BCUT2D eigenvalue weighted by Gasteiger charge is -2.31. The largest absolute Gasteiger partial charge is 0.297 e. The third-order valence-corrected chi connectivity index (χ3v) is 3.86. The number of halogens is 1. The van der Waals surface area contributed by atoms with Crippen LogP contribution < -0.4 is 5.56 Å². The number of benzene rings is 1. The van der Waals surface area contributed by atoms with E-state index < -0.39 is 0 Å². The second-order valence-corrected chi connectivity index (χ2v) is 5.83. The molecule has 0 saturated heterocycles. The average molecular weight is 308 g/mol. The minimum atomic E-state index is 0.0723. The smallest absolute Gasteiger partial charge is 0.261 e. The summed E-state index contributed by atoms with van der Waals surface area (Å²) in [5, 5.41) is 0.693. The van der Waals surface area contributed by atoms with Crippen LogP contribution in [0.1, 0.15) is 18.8 Å². The molecular weight excluding hydrogens is 294 g/mol. The molecule has 1 aromatic carbocycles. The van der Waals surface area contributed by atoms with Crippen molar-refractivity contribution in [3.8, 4) is 0 Å². The molecule has 0 aliphatic carbocycles. The van der Waals surface area contributed by atoms with Gasteiger partial charge in [0.25, 0.3) is 5.56 Å². The van der Waals surface area contributed by atoms with E-state index in [1.54, 1.807) is 0 Å². The zero-order valence-electron chi connectivity index (χ0n) is 10.4. The van der Waals surface area contributed by atoms with Crippen LogP contribution in [0.2, 0.25) is 0 Å². The maximum atomic E-state index is 12.5. The van der Waals surface area contributed by atoms with E-state index in [4.69, 9.17) is 0 Å². The molecule has 1 atom stereocenters. The molecule has 1 aromatic heterocycles. The molecule has 18 heavy (non-hydrogen) atoms. The second-order valence-electron chi connectivity index (χ2n) is 4.91. The summed E-state index contributed by atoms with van der Waals surface area (Å²) in [6.07, 6.45) is 0. The third-order valence-electron chi connectivity index (χ3n) is 3.36. The van der Waals surface area contributed by atoms with Gasteiger partial charge in [0.2, 0.25) is 0 Å². The Hall–Kier alpha value is -1.20. The Morgan fingerprint density at radius 3 is 3.00 bits per heavy atom. The van der Waals surface area contributed by atoms with Crippen molar-refractivity contribution >= 4 is 26.8 Å². The van der Waals surface area contributed by atoms with Gasteiger partial charge in [-0.15, -0.1) is 0 Å². The zero-order chi connectivity index (χ0) is 12.9. The minimum absolute atomic E-state index is 0.0723. The molecule has 3 rings (SSSR count). The fourth-order valence-corrected chi connectivity index (χ4v) is 2.97. The number of rotatable bonds is 0. The first-order chi connectivity index (χ1) is 8.56. The molecule has 0 N–H and O–H groups in total. The molecule has 0 saturated carbocycles. The van der Waals surface area contributed by atoms with Gasteiger partial charge in [0.05, 0.1) is 17.4 Å². The van der Waals surface area contributed by atoms with Crippen LogP contribution in [0.5, 0.6) is 0 Å². The highest BCUT2D eigenvalue weighted by Gasteiger charge is 2.22. The maximum absolute atomic E-state index is 12.5. The average Bonchev–Trinajstić information content (AvgIpc) is 2.27. The SMILES string of the molecule is CC1CN(C)Cc2nc3cc(Br)ccc3c(=O)n21. The molecule has 0 radical (unpaired) electrons. The van der Waals surface area contributed by atoms with Gasteiger partial charge in [0.15, 0.2) is 0 Å². The van der Waals surface area contributed by atoms with Crippen molar-refractivity contribution < 1.29 is 0 Å². The first kappa shape index (κ1) is 11.9. The Balaban J connectivity index is 2.35. The topological polar surface area (TPSA) is 38.1 Å². The van der Waals surface area contributed by atoms with Gasteiger partial charge in [0.1, 0.15) is 5.82 Å². The molecule has 1 unspecified atom stereocenters. The first-order valence-corrected chi connectivity index (χ1v) is 6.75. The number of hydrogen-bond donors (Lipinski definition) is 0. The van der Waals surface area contributed by atoms with Gasteiger partial charge < -0.3 is 0 Å². The van der Waals surface area contributed by atoms with Crippen LogP contribution in [-0.4, -0.2) is 28.0 Å². The van der Waals surface area contributed by atoms with E-state index in [1.165, 1.54) is 0 Å². The third kappa shape index (κ3) is 1.78. The van der Waals surface area contributed by atoms with E-state index in [0.717, 1.165) is 28.9 Å². The summed E-state index contributed by atoms with van der Waals surface area (Å²) >= 11 is 3.42. The molecule has 2 heterocycles. The van der Waals surface area contributed by atoms with E-state index >= 15 is 0 Å². The van der Waals surface area contributed by atoms with Crippen molar-refractivity contribution in [1.82, 2.24) is 14.5 Å². The van der Waals surface area contributed by atoms with Gasteiger partial charge in [-0.25, -0.2) is 4.98 Å². The Bertz CT molecular complexity index is 680. The minimum Gasteiger partial charge on any atom is -0.297 e. The van der Waals surface area contributed by atoms with E-state index in [2.05, 4.69) is 39.8 Å². The summed E-state index contributed by atoms with van der Waals surface area (Å²) < 4.78 is 2.78. The summed E-state index contributed by atoms with van der Waals surface area (Å²) in [5.74, 6) is 0.854. The summed E-state index contributed by atoms with van der Waals surface area (Å²) in [7, 11) is 2.05. The van der Waals surface area contributed by atoms with Gasteiger partial charge in [-0.2, -0.15) is 0 Å². The van der Waals surface area contributed by atoms with Gasteiger partial charge in [-0.3, -0.25) is 14.3 Å². The summed E-state index contributed by atoms with van der Waals surface area (Å²) in [5.41, 5.74) is 0.839. The van der Waals surface area contributed by atoms with Gasteiger partial charge >= 0.3 is 0 Å². The van der Waals surface area contributed by atoms with Gasteiger partial charge in [0, 0.05) is 17.1 Å². The molecule has 0 fully saturated rings. The summed E-state index contributed by atoms with van der Waals surface area (Å²) in [6, 6.07) is 5.80. The molecule has 94 valence electrons. The highest BCUT2D eigenvalue weighted by atomic mass is 79.9. The summed E-state index contributed by atoms with van der Waals surface area (Å²) in [6.45, 7) is 3.67.